The molecular formula is C10H18N4O2S. The molecule has 17 heavy (non-hydrogen) atoms. The molecule has 0 aromatic carbocycles. The molecule has 1 aliphatic rings. The van der Waals surface area contributed by atoms with Crippen LogP contribution in [0.4, 0.5) is 0 Å². The molecule has 96 valence electrons. The predicted molar refractivity (Wildman–Crippen MR) is 65.1 cm³/mol. The van der Waals surface area contributed by atoms with E-state index in [2.05, 4.69) is 19.6 Å². The third-order valence-corrected chi connectivity index (χ3v) is 3.39. The van der Waals surface area contributed by atoms with Crippen LogP contribution in [0.15, 0.2) is 12.5 Å². The summed E-state index contributed by atoms with van der Waals surface area (Å²) in [6.45, 7) is 1.75. The van der Waals surface area contributed by atoms with E-state index in [1.165, 1.54) is 12.8 Å². The van der Waals surface area contributed by atoms with E-state index in [0.29, 0.717) is 19.1 Å². The number of sulfonamides is 1. The van der Waals surface area contributed by atoms with Crippen LogP contribution in [-0.4, -0.2) is 37.3 Å². The zero-order valence-corrected chi connectivity index (χ0v) is 10.7. The summed E-state index contributed by atoms with van der Waals surface area (Å²) in [6, 6.07) is 0.628. The molecule has 0 amide bonds. The van der Waals surface area contributed by atoms with Gasteiger partial charge in [-0.05, 0) is 12.8 Å². The van der Waals surface area contributed by atoms with Crippen molar-refractivity contribution in [2.45, 2.75) is 25.4 Å². The lowest BCUT2D eigenvalue weighted by atomic mass is 10.4. The molecule has 6 nitrogen and oxygen atoms in total. The molecule has 0 aliphatic heterocycles. The number of hydrogen-bond acceptors (Lipinski definition) is 4. The molecule has 1 aliphatic carbocycles. The molecule has 1 aromatic heterocycles. The molecule has 0 atom stereocenters. The van der Waals surface area contributed by atoms with Gasteiger partial charge in [0.2, 0.25) is 10.0 Å². The molecule has 0 radical (unpaired) electrons. The summed E-state index contributed by atoms with van der Waals surface area (Å²) in [4.78, 5) is 4.13. The average molecular weight is 258 g/mol. The van der Waals surface area contributed by atoms with E-state index in [-0.39, 0.29) is 0 Å². The molecule has 0 saturated heterocycles. The first-order valence-electron chi connectivity index (χ1n) is 5.72. The van der Waals surface area contributed by atoms with Gasteiger partial charge in [0.15, 0.2) is 0 Å². The maximum Gasteiger partial charge on any atom is 0.208 e. The molecule has 7 heteroatoms. The Balaban J connectivity index is 1.69. The van der Waals surface area contributed by atoms with E-state index in [0.717, 1.165) is 18.5 Å². The minimum Gasteiger partial charge on any atom is -0.330 e. The van der Waals surface area contributed by atoms with E-state index in [9.17, 15) is 8.42 Å². The van der Waals surface area contributed by atoms with Crippen molar-refractivity contribution in [3.63, 3.8) is 0 Å². The molecule has 0 unspecified atom stereocenters. The van der Waals surface area contributed by atoms with E-state index >= 15 is 0 Å². The van der Waals surface area contributed by atoms with Crippen LogP contribution >= 0.6 is 0 Å². The Morgan fingerprint density at radius 2 is 2.24 bits per heavy atom. The smallest absolute Gasteiger partial charge is 0.208 e. The van der Waals surface area contributed by atoms with Gasteiger partial charge >= 0.3 is 0 Å². The Hall–Kier alpha value is -0.920. The van der Waals surface area contributed by atoms with Gasteiger partial charge in [0.05, 0.1) is 18.3 Å². The highest BCUT2D eigenvalue weighted by molar-refractivity contribution is 7.88. The second-order valence-electron chi connectivity index (χ2n) is 4.37. The topological polar surface area (TPSA) is 76.0 Å². The maximum absolute atomic E-state index is 10.8. The molecule has 2 N–H and O–H groups in total. The van der Waals surface area contributed by atoms with Crippen molar-refractivity contribution < 1.29 is 8.42 Å². The lowest BCUT2D eigenvalue weighted by Gasteiger charge is -2.08. The van der Waals surface area contributed by atoms with E-state index < -0.39 is 10.0 Å². The molecule has 1 fully saturated rings. The maximum atomic E-state index is 10.8. The van der Waals surface area contributed by atoms with Crippen molar-refractivity contribution >= 4 is 10.0 Å². The molecule has 0 bridgehead atoms. The summed E-state index contributed by atoms with van der Waals surface area (Å²) < 4.78 is 26.3. The van der Waals surface area contributed by atoms with E-state index in [4.69, 9.17) is 0 Å². The van der Waals surface area contributed by atoms with Gasteiger partial charge in [-0.25, -0.2) is 18.1 Å². The Morgan fingerprint density at radius 1 is 1.47 bits per heavy atom. The van der Waals surface area contributed by atoms with Gasteiger partial charge < -0.3 is 9.88 Å². The number of aromatic nitrogens is 2. The van der Waals surface area contributed by atoms with Crippen LogP contribution in [-0.2, 0) is 16.6 Å². The monoisotopic (exact) mass is 258 g/mol. The van der Waals surface area contributed by atoms with Gasteiger partial charge in [-0.1, -0.05) is 0 Å². The summed E-state index contributed by atoms with van der Waals surface area (Å²) in [5.74, 6) is 0. The summed E-state index contributed by atoms with van der Waals surface area (Å²) in [7, 11) is -3.08. The number of nitrogens with one attached hydrogen (secondary N) is 2. The quantitative estimate of drug-likeness (QED) is 0.667. The molecule has 1 saturated carbocycles. The van der Waals surface area contributed by atoms with Gasteiger partial charge in [0.1, 0.15) is 0 Å². The van der Waals surface area contributed by atoms with E-state index in [1.807, 2.05) is 12.5 Å². The standard InChI is InChI=1S/C10H18N4O2S/c1-17(15,16)13-5-4-11-6-10-7-12-8-14(10)9-2-3-9/h7-9,11,13H,2-6H2,1H3. The fourth-order valence-electron chi connectivity index (χ4n) is 1.69. The second kappa shape index (κ2) is 5.16. The van der Waals surface area contributed by atoms with Crippen LogP contribution in [0.3, 0.4) is 0 Å². The first-order valence-corrected chi connectivity index (χ1v) is 7.61. The summed E-state index contributed by atoms with van der Waals surface area (Å²) in [5, 5.41) is 3.20. The van der Waals surface area contributed by atoms with Crippen LogP contribution in [0, 0.1) is 0 Å². The highest BCUT2D eigenvalue weighted by Crippen LogP contribution is 2.35. The largest absolute Gasteiger partial charge is 0.330 e. The van der Waals surface area contributed by atoms with Crippen molar-refractivity contribution in [2.24, 2.45) is 0 Å². The third-order valence-electron chi connectivity index (χ3n) is 2.66. The second-order valence-corrected chi connectivity index (χ2v) is 6.20. The molecule has 2 rings (SSSR count). The van der Waals surface area contributed by atoms with E-state index in [1.54, 1.807) is 0 Å². The molecular weight excluding hydrogens is 240 g/mol. The third kappa shape index (κ3) is 4.10. The normalized spacial score (nSPS) is 16.3. The molecule has 1 aromatic rings. The Labute approximate surface area is 101 Å². The zero-order valence-electron chi connectivity index (χ0n) is 9.89. The van der Waals surface area contributed by atoms with Crippen molar-refractivity contribution in [1.82, 2.24) is 19.6 Å². The molecule has 1 heterocycles. The average Bonchev–Trinajstić information content (AvgIpc) is 2.97. The lowest BCUT2D eigenvalue weighted by molar-refractivity contribution is 0.577. The number of nitrogens with zero attached hydrogens (tertiary/aromatic N) is 2. The van der Waals surface area contributed by atoms with Crippen molar-refractivity contribution in [3.8, 4) is 0 Å². The summed E-state index contributed by atoms with van der Waals surface area (Å²) in [6.07, 6.45) is 7.35. The first-order chi connectivity index (χ1) is 8.06. The van der Waals surface area contributed by atoms with Gasteiger partial charge in [0.25, 0.3) is 0 Å². The Bertz CT molecular complexity index is 464. The minimum atomic E-state index is -3.08. The van der Waals surface area contributed by atoms with Gasteiger partial charge in [-0.2, -0.15) is 0 Å². The van der Waals surface area contributed by atoms with Gasteiger partial charge in [-0.15, -0.1) is 0 Å². The summed E-state index contributed by atoms with van der Waals surface area (Å²) in [5.41, 5.74) is 1.16. The van der Waals surface area contributed by atoms with Crippen LogP contribution < -0.4 is 10.0 Å². The van der Waals surface area contributed by atoms with Gasteiger partial charge in [-0.3, -0.25) is 0 Å². The van der Waals surface area contributed by atoms with Crippen LogP contribution in [0.2, 0.25) is 0 Å². The predicted octanol–water partition coefficient (Wildman–Crippen LogP) is -0.143. The summed E-state index contributed by atoms with van der Waals surface area (Å²) >= 11 is 0. The highest BCUT2D eigenvalue weighted by atomic mass is 32.2. The fourth-order valence-corrected chi connectivity index (χ4v) is 2.16. The van der Waals surface area contributed by atoms with Crippen LogP contribution in [0.5, 0.6) is 0 Å². The lowest BCUT2D eigenvalue weighted by Crippen LogP contribution is -2.31. The molecule has 0 spiro atoms. The fraction of sp³-hybridized carbons (Fsp3) is 0.700. The van der Waals surface area contributed by atoms with Crippen molar-refractivity contribution in [3.05, 3.63) is 18.2 Å². The Morgan fingerprint density at radius 3 is 2.88 bits per heavy atom. The number of hydrogen-bond donors (Lipinski definition) is 2. The number of imidazole rings is 1. The SMILES string of the molecule is CS(=O)(=O)NCCNCc1cncn1C1CC1. The van der Waals surface area contributed by atoms with Crippen molar-refractivity contribution in [2.75, 3.05) is 19.3 Å². The van der Waals surface area contributed by atoms with Crippen molar-refractivity contribution in [1.29, 1.82) is 0 Å². The minimum absolute atomic E-state index is 0.413. The first kappa shape index (κ1) is 12.5. The highest BCUT2D eigenvalue weighted by Gasteiger charge is 2.24. The zero-order chi connectivity index (χ0) is 12.3. The van der Waals surface area contributed by atoms with Gasteiger partial charge in [0, 0.05) is 31.9 Å². The van der Waals surface area contributed by atoms with Crippen LogP contribution in [0.1, 0.15) is 24.6 Å². The van der Waals surface area contributed by atoms with Crippen LogP contribution in [0.25, 0.3) is 0 Å². The Kier molecular flexibility index (Phi) is 3.80. The number of rotatable bonds is 7.